The molecular weight excluding hydrogens is 336 g/mol. The van der Waals surface area contributed by atoms with E-state index in [1.165, 1.54) is 16.8 Å². The summed E-state index contributed by atoms with van der Waals surface area (Å²) in [5.41, 5.74) is 6.74. The van der Waals surface area contributed by atoms with Gasteiger partial charge in [-0.2, -0.15) is 0 Å². The van der Waals surface area contributed by atoms with Gasteiger partial charge in [0.05, 0.1) is 17.0 Å². The molecular formula is C22H26N4O. The molecule has 0 radical (unpaired) electrons. The molecule has 27 heavy (non-hydrogen) atoms. The fraction of sp³-hybridized carbons (Fsp3) is 0.409. The molecule has 1 saturated heterocycles. The van der Waals surface area contributed by atoms with Crippen LogP contribution in [-0.2, 0) is 6.54 Å². The van der Waals surface area contributed by atoms with Gasteiger partial charge in [-0.05, 0) is 76.0 Å². The topological polar surface area (TPSA) is 55.1 Å². The van der Waals surface area contributed by atoms with Crippen LogP contribution >= 0.6 is 0 Å². The van der Waals surface area contributed by atoms with E-state index in [-0.39, 0.29) is 0 Å². The number of likely N-dealkylation sites (tertiary alicyclic amines) is 1. The first-order valence-corrected chi connectivity index (χ1v) is 9.64. The largest absolute Gasteiger partial charge is 0.361 e. The Morgan fingerprint density at radius 3 is 2.63 bits per heavy atom. The van der Waals surface area contributed by atoms with E-state index in [0.717, 1.165) is 55.2 Å². The summed E-state index contributed by atoms with van der Waals surface area (Å²) in [5.74, 6) is 1.35. The monoisotopic (exact) mass is 362 g/mol. The number of rotatable bonds is 4. The van der Waals surface area contributed by atoms with Gasteiger partial charge in [-0.1, -0.05) is 11.2 Å². The first-order valence-electron chi connectivity index (χ1n) is 9.64. The maximum Gasteiger partial charge on any atom is 0.143 e. The summed E-state index contributed by atoms with van der Waals surface area (Å²) < 4.78 is 5.31. The lowest BCUT2D eigenvalue weighted by Crippen LogP contribution is -2.32. The van der Waals surface area contributed by atoms with Crippen LogP contribution in [-0.4, -0.2) is 33.1 Å². The van der Waals surface area contributed by atoms with Crippen LogP contribution in [0.1, 0.15) is 47.0 Å². The SMILES string of the molecule is Cc1cnccc1CN1CCC(c2cccc(-c3c(C)noc3C)n2)CC1. The highest BCUT2D eigenvalue weighted by molar-refractivity contribution is 5.63. The maximum atomic E-state index is 5.31. The van der Waals surface area contributed by atoms with Gasteiger partial charge in [-0.25, -0.2) is 0 Å². The molecule has 0 saturated carbocycles. The number of hydrogen-bond donors (Lipinski definition) is 0. The second kappa shape index (κ2) is 7.61. The van der Waals surface area contributed by atoms with E-state index in [2.05, 4.69) is 46.2 Å². The first-order chi connectivity index (χ1) is 13.1. The molecule has 0 unspecified atom stereocenters. The molecule has 5 heteroatoms. The van der Waals surface area contributed by atoms with Gasteiger partial charge >= 0.3 is 0 Å². The van der Waals surface area contributed by atoms with Crippen molar-refractivity contribution in [1.29, 1.82) is 0 Å². The van der Waals surface area contributed by atoms with Gasteiger partial charge < -0.3 is 4.52 Å². The summed E-state index contributed by atoms with van der Waals surface area (Å²) >= 11 is 0. The van der Waals surface area contributed by atoms with Gasteiger partial charge in [-0.15, -0.1) is 0 Å². The Balaban J connectivity index is 1.44. The third kappa shape index (κ3) is 3.78. The molecule has 1 fully saturated rings. The van der Waals surface area contributed by atoms with E-state index >= 15 is 0 Å². The third-order valence-electron chi connectivity index (χ3n) is 5.60. The lowest BCUT2D eigenvalue weighted by molar-refractivity contribution is 0.203. The summed E-state index contributed by atoms with van der Waals surface area (Å²) in [6, 6.07) is 8.46. The minimum absolute atomic E-state index is 0.514. The summed E-state index contributed by atoms with van der Waals surface area (Å²) in [6.07, 6.45) is 6.12. The highest BCUT2D eigenvalue weighted by Gasteiger charge is 2.23. The standard InChI is InChI=1S/C22H26N4O/c1-15-13-23-10-7-19(15)14-26-11-8-18(9-12-26)20-5-4-6-21(24-20)22-16(2)25-27-17(22)3/h4-7,10,13,18H,8-9,11-12,14H2,1-3H3. The van der Waals surface area contributed by atoms with Gasteiger partial charge in [-0.3, -0.25) is 14.9 Å². The molecule has 5 nitrogen and oxygen atoms in total. The Kier molecular flexibility index (Phi) is 5.03. The van der Waals surface area contributed by atoms with Crippen LogP contribution in [0.4, 0.5) is 0 Å². The van der Waals surface area contributed by atoms with Crippen LogP contribution in [0.5, 0.6) is 0 Å². The normalized spacial score (nSPS) is 16.0. The molecule has 1 aliphatic rings. The zero-order valence-electron chi connectivity index (χ0n) is 16.3. The lowest BCUT2D eigenvalue weighted by atomic mass is 9.92. The van der Waals surface area contributed by atoms with Crippen molar-refractivity contribution in [2.45, 2.75) is 46.1 Å². The minimum Gasteiger partial charge on any atom is -0.361 e. The van der Waals surface area contributed by atoms with Crippen molar-refractivity contribution >= 4 is 0 Å². The van der Waals surface area contributed by atoms with Crippen LogP contribution in [0, 0.1) is 20.8 Å². The predicted octanol–water partition coefficient (Wildman–Crippen LogP) is 4.44. The van der Waals surface area contributed by atoms with Gasteiger partial charge in [0.1, 0.15) is 5.76 Å². The molecule has 4 rings (SSSR count). The number of piperidine rings is 1. The zero-order valence-corrected chi connectivity index (χ0v) is 16.3. The van der Waals surface area contributed by atoms with E-state index in [4.69, 9.17) is 9.51 Å². The smallest absolute Gasteiger partial charge is 0.143 e. The van der Waals surface area contributed by atoms with Crippen LogP contribution in [0.2, 0.25) is 0 Å². The number of hydrogen-bond acceptors (Lipinski definition) is 5. The Labute approximate surface area is 160 Å². The van der Waals surface area contributed by atoms with Crippen molar-refractivity contribution in [3.63, 3.8) is 0 Å². The van der Waals surface area contributed by atoms with E-state index < -0.39 is 0 Å². The summed E-state index contributed by atoms with van der Waals surface area (Å²) in [7, 11) is 0. The van der Waals surface area contributed by atoms with Crippen molar-refractivity contribution < 1.29 is 4.52 Å². The van der Waals surface area contributed by atoms with Crippen molar-refractivity contribution in [3.05, 3.63) is 64.9 Å². The summed E-state index contributed by atoms with van der Waals surface area (Å²) in [6.45, 7) is 9.27. The van der Waals surface area contributed by atoms with Gasteiger partial charge in [0, 0.05) is 30.6 Å². The highest BCUT2D eigenvalue weighted by atomic mass is 16.5. The molecule has 0 amide bonds. The molecule has 0 bridgehead atoms. The number of pyridine rings is 2. The molecule has 4 heterocycles. The number of aromatic nitrogens is 3. The van der Waals surface area contributed by atoms with E-state index in [0.29, 0.717) is 5.92 Å². The third-order valence-corrected chi connectivity index (χ3v) is 5.60. The van der Waals surface area contributed by atoms with Crippen molar-refractivity contribution in [1.82, 2.24) is 20.0 Å². The molecule has 140 valence electrons. The second-order valence-electron chi connectivity index (χ2n) is 7.50. The van der Waals surface area contributed by atoms with Crippen molar-refractivity contribution in [2.24, 2.45) is 0 Å². The van der Waals surface area contributed by atoms with Gasteiger partial charge in [0.15, 0.2) is 0 Å². The Hall–Kier alpha value is -2.53. The molecule has 0 aliphatic carbocycles. The van der Waals surface area contributed by atoms with Crippen LogP contribution in [0.25, 0.3) is 11.3 Å². The Morgan fingerprint density at radius 2 is 1.93 bits per heavy atom. The zero-order chi connectivity index (χ0) is 18.8. The fourth-order valence-corrected chi connectivity index (χ4v) is 3.97. The maximum absolute atomic E-state index is 5.31. The van der Waals surface area contributed by atoms with Gasteiger partial charge in [0.2, 0.25) is 0 Å². The molecule has 0 aromatic carbocycles. The minimum atomic E-state index is 0.514. The average molecular weight is 362 g/mol. The van der Waals surface area contributed by atoms with E-state index in [1.807, 2.05) is 26.2 Å². The average Bonchev–Trinajstić information content (AvgIpc) is 3.03. The molecule has 0 N–H and O–H groups in total. The highest BCUT2D eigenvalue weighted by Crippen LogP contribution is 2.31. The summed E-state index contributed by atoms with van der Waals surface area (Å²) in [5, 5.41) is 4.07. The molecule has 0 atom stereocenters. The van der Waals surface area contributed by atoms with Crippen molar-refractivity contribution in [2.75, 3.05) is 13.1 Å². The van der Waals surface area contributed by atoms with Crippen molar-refractivity contribution in [3.8, 4) is 11.3 Å². The van der Waals surface area contributed by atoms with Crippen LogP contribution in [0.3, 0.4) is 0 Å². The van der Waals surface area contributed by atoms with E-state index in [9.17, 15) is 0 Å². The Bertz CT molecular complexity index is 906. The first kappa shape index (κ1) is 17.9. The summed E-state index contributed by atoms with van der Waals surface area (Å²) in [4.78, 5) is 11.7. The second-order valence-corrected chi connectivity index (χ2v) is 7.50. The Morgan fingerprint density at radius 1 is 1.11 bits per heavy atom. The van der Waals surface area contributed by atoms with Crippen LogP contribution < -0.4 is 0 Å². The molecule has 3 aromatic rings. The number of aryl methyl sites for hydroxylation is 3. The molecule has 1 aliphatic heterocycles. The fourth-order valence-electron chi connectivity index (χ4n) is 3.97. The van der Waals surface area contributed by atoms with E-state index in [1.54, 1.807) is 0 Å². The lowest BCUT2D eigenvalue weighted by Gasteiger charge is -2.32. The molecule has 0 spiro atoms. The number of nitrogens with zero attached hydrogens (tertiary/aromatic N) is 4. The molecule has 3 aromatic heterocycles. The quantitative estimate of drug-likeness (QED) is 0.687. The van der Waals surface area contributed by atoms with Crippen LogP contribution in [0.15, 0.2) is 41.2 Å². The van der Waals surface area contributed by atoms with Gasteiger partial charge in [0.25, 0.3) is 0 Å². The predicted molar refractivity (Wildman–Crippen MR) is 105 cm³/mol.